The molecule has 9 heteroatoms. The highest BCUT2D eigenvalue weighted by Gasteiger charge is 2.54. The summed E-state index contributed by atoms with van der Waals surface area (Å²) in [5.41, 5.74) is 16.8. The Balaban J connectivity index is 2.15. The van der Waals surface area contributed by atoms with Crippen LogP contribution in [-0.2, 0) is 14.2 Å². The topological polar surface area (TPSA) is 125 Å². The molecule has 0 aromatic heterocycles. The summed E-state index contributed by atoms with van der Waals surface area (Å²) in [5, 5.41) is 7.04. The van der Waals surface area contributed by atoms with Crippen molar-refractivity contribution in [1.82, 2.24) is 0 Å². The molecule has 0 aromatic rings. The molecule has 0 spiro atoms. The number of hydrogen-bond acceptors (Lipinski definition) is 5. The van der Waals surface area contributed by atoms with Crippen LogP contribution in [0.2, 0.25) is 0 Å². The van der Waals surface area contributed by atoms with Crippen LogP contribution in [0.15, 0.2) is 10.2 Å². The van der Waals surface area contributed by atoms with E-state index in [9.17, 15) is 0 Å². The van der Waals surface area contributed by atoms with Crippen molar-refractivity contribution in [2.24, 2.45) is 10.2 Å². The minimum absolute atomic E-state index is 0.0837. The van der Waals surface area contributed by atoms with E-state index in [1.165, 1.54) is 0 Å². The third-order valence-corrected chi connectivity index (χ3v) is 2.62. The van der Waals surface area contributed by atoms with E-state index in [0.29, 0.717) is 0 Å². The van der Waals surface area contributed by atoms with Gasteiger partial charge in [-0.05, 0) is 24.9 Å². The third-order valence-electron chi connectivity index (χ3n) is 2.62. The predicted octanol–water partition coefficient (Wildman–Crippen LogP) is 1.85. The highest BCUT2D eigenvalue weighted by Crippen LogP contribution is 2.38. The van der Waals surface area contributed by atoms with Gasteiger partial charge in [0, 0.05) is 9.82 Å². The SMILES string of the molecule is CC1(C)O[C@H]2O[C@H](CN=[N+]=[N-])[C@@H](N=[N+]=[N-])[C@H]2O1. The lowest BCUT2D eigenvalue weighted by atomic mass is 10.1. The van der Waals surface area contributed by atoms with Crippen molar-refractivity contribution >= 4 is 0 Å². The third kappa shape index (κ3) is 2.28. The number of rotatable bonds is 3. The minimum atomic E-state index is -0.762. The first-order chi connectivity index (χ1) is 8.07. The summed E-state index contributed by atoms with van der Waals surface area (Å²) in [6, 6.07) is -0.544. The smallest absolute Gasteiger partial charge is 0.187 e. The van der Waals surface area contributed by atoms with Gasteiger partial charge in [0.05, 0.1) is 18.7 Å². The van der Waals surface area contributed by atoms with E-state index in [1.807, 2.05) is 0 Å². The molecule has 0 saturated carbocycles. The Morgan fingerprint density at radius 1 is 1.24 bits per heavy atom. The van der Waals surface area contributed by atoms with Gasteiger partial charge in [0.1, 0.15) is 6.10 Å². The molecule has 2 saturated heterocycles. The summed E-state index contributed by atoms with van der Waals surface area (Å²) in [4.78, 5) is 5.40. The van der Waals surface area contributed by atoms with Crippen LogP contribution >= 0.6 is 0 Å². The largest absolute Gasteiger partial charge is 0.346 e. The molecule has 17 heavy (non-hydrogen) atoms. The molecule has 0 N–H and O–H groups in total. The van der Waals surface area contributed by atoms with Gasteiger partial charge in [0.15, 0.2) is 12.1 Å². The zero-order valence-corrected chi connectivity index (χ0v) is 9.42. The van der Waals surface area contributed by atoms with Crippen LogP contribution in [0.25, 0.3) is 20.9 Å². The van der Waals surface area contributed by atoms with E-state index in [2.05, 4.69) is 20.1 Å². The molecule has 0 bridgehead atoms. The molecule has 2 rings (SSSR count). The van der Waals surface area contributed by atoms with E-state index in [4.69, 9.17) is 25.3 Å². The van der Waals surface area contributed by atoms with E-state index in [-0.39, 0.29) is 6.54 Å². The number of ether oxygens (including phenoxy) is 3. The maximum atomic E-state index is 8.52. The van der Waals surface area contributed by atoms with Gasteiger partial charge in [-0.2, -0.15) is 0 Å². The van der Waals surface area contributed by atoms with E-state index < -0.39 is 30.3 Å². The molecule has 0 amide bonds. The first-order valence-corrected chi connectivity index (χ1v) is 5.13. The average Bonchev–Trinajstić information content (AvgIpc) is 2.70. The van der Waals surface area contributed by atoms with Crippen molar-refractivity contribution in [2.75, 3.05) is 6.54 Å². The van der Waals surface area contributed by atoms with Crippen LogP contribution in [0.1, 0.15) is 13.8 Å². The summed E-state index contributed by atoms with van der Waals surface area (Å²) in [7, 11) is 0. The molecule has 2 aliphatic rings. The zero-order chi connectivity index (χ0) is 12.5. The number of fused-ring (bicyclic) bond motifs is 1. The standard InChI is InChI=1S/C8H12N6O3/c1-8(2)16-6-5(12-14-10)4(3-11-13-9)15-7(6)17-8/h4-7H,3H2,1-2H3/t4-,5-,6-,7-/m1/s1. The molecular formula is C8H12N6O3. The summed E-state index contributed by atoms with van der Waals surface area (Å²) < 4.78 is 16.6. The van der Waals surface area contributed by atoms with Gasteiger partial charge in [-0.1, -0.05) is 10.2 Å². The van der Waals surface area contributed by atoms with Gasteiger partial charge in [0.2, 0.25) is 0 Å². The fraction of sp³-hybridized carbons (Fsp3) is 1.00. The van der Waals surface area contributed by atoms with Gasteiger partial charge in [-0.25, -0.2) is 0 Å². The Morgan fingerprint density at radius 3 is 2.65 bits per heavy atom. The minimum Gasteiger partial charge on any atom is -0.346 e. The van der Waals surface area contributed by atoms with E-state index in [1.54, 1.807) is 13.8 Å². The Hall–Kier alpha value is -1.50. The van der Waals surface area contributed by atoms with Crippen molar-refractivity contribution < 1.29 is 14.2 Å². The van der Waals surface area contributed by atoms with Gasteiger partial charge >= 0.3 is 0 Å². The Morgan fingerprint density at radius 2 is 2.00 bits per heavy atom. The van der Waals surface area contributed by atoms with Crippen molar-refractivity contribution in [2.45, 2.75) is 44.2 Å². The van der Waals surface area contributed by atoms with Crippen molar-refractivity contribution in [3.05, 3.63) is 20.9 Å². The van der Waals surface area contributed by atoms with Crippen LogP contribution in [0, 0.1) is 0 Å². The second kappa shape index (κ2) is 4.40. The summed E-state index contributed by atoms with van der Waals surface area (Å²) in [5.74, 6) is -0.762. The average molecular weight is 240 g/mol. The molecular weight excluding hydrogens is 228 g/mol. The second-order valence-electron chi connectivity index (χ2n) is 4.25. The van der Waals surface area contributed by atoms with Crippen molar-refractivity contribution in [3.63, 3.8) is 0 Å². The Labute approximate surface area is 96.9 Å². The van der Waals surface area contributed by atoms with Crippen molar-refractivity contribution in [3.8, 4) is 0 Å². The number of azide groups is 2. The van der Waals surface area contributed by atoms with Crippen LogP contribution in [0.3, 0.4) is 0 Å². The lowest BCUT2D eigenvalue weighted by Crippen LogP contribution is -2.34. The molecule has 4 atom stereocenters. The quantitative estimate of drug-likeness (QED) is 0.424. The van der Waals surface area contributed by atoms with E-state index in [0.717, 1.165) is 0 Å². The first kappa shape index (κ1) is 12.0. The summed E-state index contributed by atoms with van der Waals surface area (Å²) >= 11 is 0. The fourth-order valence-electron chi connectivity index (χ4n) is 2.03. The predicted molar refractivity (Wildman–Crippen MR) is 55.6 cm³/mol. The molecule has 92 valence electrons. The van der Waals surface area contributed by atoms with Crippen LogP contribution < -0.4 is 0 Å². The summed E-state index contributed by atoms with van der Waals surface area (Å²) in [6.07, 6.45) is -1.55. The molecule has 2 aliphatic heterocycles. The lowest BCUT2D eigenvalue weighted by Gasteiger charge is -2.22. The van der Waals surface area contributed by atoms with Crippen LogP contribution in [-0.4, -0.2) is 36.9 Å². The molecule has 2 fully saturated rings. The molecule has 0 aliphatic carbocycles. The Kier molecular flexibility index (Phi) is 3.10. The van der Waals surface area contributed by atoms with Gasteiger partial charge in [-0.15, -0.1) is 0 Å². The normalized spacial score (nSPS) is 38.0. The van der Waals surface area contributed by atoms with Gasteiger partial charge < -0.3 is 14.2 Å². The fourth-order valence-corrected chi connectivity index (χ4v) is 2.03. The lowest BCUT2D eigenvalue weighted by molar-refractivity contribution is -0.205. The zero-order valence-electron chi connectivity index (χ0n) is 9.42. The van der Waals surface area contributed by atoms with Crippen molar-refractivity contribution in [1.29, 1.82) is 0 Å². The Bertz CT molecular complexity index is 400. The molecule has 0 unspecified atom stereocenters. The maximum Gasteiger partial charge on any atom is 0.187 e. The molecule has 0 aromatic carbocycles. The number of hydrogen-bond donors (Lipinski definition) is 0. The number of nitrogens with zero attached hydrogens (tertiary/aromatic N) is 6. The molecule has 2 heterocycles. The van der Waals surface area contributed by atoms with Crippen LogP contribution in [0.5, 0.6) is 0 Å². The first-order valence-electron chi connectivity index (χ1n) is 5.13. The monoisotopic (exact) mass is 240 g/mol. The van der Waals surface area contributed by atoms with Gasteiger partial charge in [-0.3, -0.25) is 0 Å². The highest BCUT2D eigenvalue weighted by molar-refractivity contribution is 4.98. The van der Waals surface area contributed by atoms with E-state index >= 15 is 0 Å². The molecule has 0 radical (unpaired) electrons. The highest BCUT2D eigenvalue weighted by atomic mass is 16.8. The van der Waals surface area contributed by atoms with Crippen LogP contribution in [0.4, 0.5) is 0 Å². The maximum absolute atomic E-state index is 8.52. The summed E-state index contributed by atoms with van der Waals surface area (Å²) in [6.45, 7) is 3.59. The van der Waals surface area contributed by atoms with Gasteiger partial charge in [0.25, 0.3) is 0 Å². The molecule has 9 nitrogen and oxygen atoms in total. The second-order valence-corrected chi connectivity index (χ2v) is 4.25.